The van der Waals surface area contributed by atoms with Gasteiger partial charge in [0, 0.05) is 23.6 Å². The molecule has 0 saturated carbocycles. The van der Waals surface area contributed by atoms with E-state index in [1.807, 2.05) is 0 Å². The molecule has 1 atom stereocenters. The number of rotatable bonds is 3. The van der Waals surface area contributed by atoms with Crippen LogP contribution in [0, 0.1) is 5.92 Å². The Bertz CT molecular complexity index is 656. The molecule has 2 N–H and O–H groups in total. The minimum absolute atomic E-state index is 0. The normalized spacial score (nSPS) is 21.5. The summed E-state index contributed by atoms with van der Waals surface area (Å²) < 4.78 is 38.4. The van der Waals surface area contributed by atoms with E-state index in [9.17, 15) is 8.42 Å². The molecule has 2 aliphatic heterocycles. The predicted molar refractivity (Wildman–Crippen MR) is 88.3 cm³/mol. The van der Waals surface area contributed by atoms with E-state index in [-0.39, 0.29) is 23.2 Å². The second kappa shape index (κ2) is 6.92. The van der Waals surface area contributed by atoms with Gasteiger partial charge in [-0.1, -0.05) is 0 Å². The molecule has 0 spiro atoms. The average molecular weight is 414 g/mol. The van der Waals surface area contributed by atoms with Gasteiger partial charge in [-0.15, -0.1) is 12.4 Å². The second-order valence-corrected chi connectivity index (χ2v) is 7.94. The minimum atomic E-state index is -3.55. The first-order valence-corrected chi connectivity index (χ1v) is 9.05. The lowest BCUT2D eigenvalue weighted by molar-refractivity contribution is 0.171. The van der Waals surface area contributed by atoms with Gasteiger partial charge in [0.15, 0.2) is 11.5 Å². The molecule has 1 saturated heterocycles. The average Bonchev–Trinajstić information content (AvgIpc) is 2.96. The van der Waals surface area contributed by atoms with Crippen molar-refractivity contribution >= 4 is 38.4 Å². The van der Waals surface area contributed by atoms with Gasteiger partial charge < -0.3 is 15.2 Å². The third-order valence-corrected chi connectivity index (χ3v) is 6.62. The Labute approximate surface area is 144 Å². The summed E-state index contributed by atoms with van der Waals surface area (Å²) in [7, 11) is -3.55. The Balaban J connectivity index is 0.00000176. The second-order valence-electron chi connectivity index (χ2n) is 5.18. The first-order valence-electron chi connectivity index (χ1n) is 6.81. The highest BCUT2D eigenvalue weighted by Gasteiger charge is 2.34. The van der Waals surface area contributed by atoms with Gasteiger partial charge in [-0.25, -0.2) is 8.42 Å². The summed E-state index contributed by atoms with van der Waals surface area (Å²) in [6, 6.07) is 3.18. The van der Waals surface area contributed by atoms with Crippen molar-refractivity contribution in [2.24, 2.45) is 11.7 Å². The molecule has 6 nitrogen and oxygen atoms in total. The lowest BCUT2D eigenvalue weighted by atomic mass is 10.1. The van der Waals surface area contributed by atoms with Gasteiger partial charge in [-0.3, -0.25) is 0 Å². The highest BCUT2D eigenvalue weighted by molar-refractivity contribution is 9.10. The van der Waals surface area contributed by atoms with Crippen LogP contribution >= 0.6 is 28.3 Å². The van der Waals surface area contributed by atoms with Crippen LogP contribution in [0.4, 0.5) is 0 Å². The van der Waals surface area contributed by atoms with Gasteiger partial charge in [-0.05, 0) is 40.9 Å². The van der Waals surface area contributed by atoms with Gasteiger partial charge >= 0.3 is 0 Å². The van der Waals surface area contributed by atoms with Crippen molar-refractivity contribution in [2.75, 3.05) is 32.8 Å². The summed E-state index contributed by atoms with van der Waals surface area (Å²) in [6.07, 6.45) is 0.803. The van der Waals surface area contributed by atoms with Gasteiger partial charge in [0.05, 0.1) is 0 Å². The van der Waals surface area contributed by atoms with Crippen molar-refractivity contribution in [3.63, 3.8) is 0 Å². The molecule has 9 heteroatoms. The van der Waals surface area contributed by atoms with E-state index in [0.29, 0.717) is 48.8 Å². The molecule has 2 heterocycles. The van der Waals surface area contributed by atoms with Gasteiger partial charge in [-0.2, -0.15) is 4.31 Å². The maximum atomic E-state index is 12.8. The van der Waals surface area contributed by atoms with Gasteiger partial charge in [0.25, 0.3) is 0 Å². The van der Waals surface area contributed by atoms with Crippen LogP contribution < -0.4 is 15.2 Å². The molecule has 0 aliphatic carbocycles. The van der Waals surface area contributed by atoms with Gasteiger partial charge in [0.1, 0.15) is 18.1 Å². The Morgan fingerprint density at radius 3 is 2.50 bits per heavy atom. The maximum absolute atomic E-state index is 12.8. The van der Waals surface area contributed by atoms with Crippen molar-refractivity contribution in [3.05, 3.63) is 16.6 Å². The van der Waals surface area contributed by atoms with Crippen LogP contribution in [-0.4, -0.2) is 45.6 Å². The molecular weight excluding hydrogens is 396 g/mol. The zero-order valence-electron chi connectivity index (χ0n) is 11.8. The Hall–Kier alpha value is -0.540. The van der Waals surface area contributed by atoms with Crippen LogP contribution in [0.15, 0.2) is 21.5 Å². The first kappa shape index (κ1) is 17.8. The van der Waals surface area contributed by atoms with Crippen molar-refractivity contribution in [3.8, 4) is 11.5 Å². The molecule has 1 fully saturated rings. The number of nitrogens with two attached hydrogens (primary N) is 1. The number of fused-ring (bicyclic) bond motifs is 1. The molecule has 2 aliphatic rings. The summed E-state index contributed by atoms with van der Waals surface area (Å²) in [5.74, 6) is 1.27. The summed E-state index contributed by atoms with van der Waals surface area (Å²) in [6.45, 7) is 2.38. The number of nitrogens with zero attached hydrogens (tertiary/aromatic N) is 1. The van der Waals surface area contributed by atoms with Crippen molar-refractivity contribution in [1.29, 1.82) is 0 Å². The number of sulfonamides is 1. The highest BCUT2D eigenvalue weighted by atomic mass is 79.9. The molecule has 0 radical (unpaired) electrons. The molecule has 1 aromatic carbocycles. The lowest BCUT2D eigenvalue weighted by Crippen LogP contribution is -2.30. The van der Waals surface area contributed by atoms with Crippen LogP contribution in [0.25, 0.3) is 0 Å². The topological polar surface area (TPSA) is 81.9 Å². The van der Waals surface area contributed by atoms with Crippen LogP contribution in [0.3, 0.4) is 0 Å². The van der Waals surface area contributed by atoms with Crippen molar-refractivity contribution in [2.45, 2.75) is 11.3 Å². The van der Waals surface area contributed by atoms with Crippen molar-refractivity contribution in [1.82, 2.24) is 4.31 Å². The Kier molecular flexibility index (Phi) is 5.60. The van der Waals surface area contributed by atoms with E-state index in [0.717, 1.165) is 6.42 Å². The molecule has 0 aromatic heterocycles. The van der Waals surface area contributed by atoms with E-state index in [1.54, 1.807) is 6.07 Å². The van der Waals surface area contributed by atoms with E-state index in [4.69, 9.17) is 15.2 Å². The largest absolute Gasteiger partial charge is 0.486 e. The lowest BCUT2D eigenvalue weighted by Gasteiger charge is -2.22. The zero-order valence-corrected chi connectivity index (χ0v) is 15.0. The van der Waals surface area contributed by atoms with E-state index < -0.39 is 10.0 Å². The van der Waals surface area contributed by atoms with Crippen LogP contribution in [-0.2, 0) is 10.0 Å². The number of benzene rings is 1. The molecule has 1 aromatic rings. The molecule has 124 valence electrons. The number of halogens is 2. The SMILES string of the molecule is Cl.NCC1CCN(S(=O)(=O)c2cc3c(cc2Br)OCCO3)C1. The summed E-state index contributed by atoms with van der Waals surface area (Å²) >= 11 is 3.32. The Morgan fingerprint density at radius 2 is 1.91 bits per heavy atom. The predicted octanol–water partition coefficient (Wildman–Crippen LogP) is 1.61. The fourth-order valence-corrected chi connectivity index (χ4v) is 5.12. The zero-order chi connectivity index (χ0) is 15.0. The summed E-state index contributed by atoms with van der Waals surface area (Å²) in [5.41, 5.74) is 5.63. The molecular formula is C13H18BrClN2O4S. The van der Waals surface area contributed by atoms with Crippen LogP contribution in [0.2, 0.25) is 0 Å². The molecule has 1 unspecified atom stereocenters. The number of hydrogen-bond acceptors (Lipinski definition) is 5. The highest BCUT2D eigenvalue weighted by Crippen LogP contribution is 2.39. The van der Waals surface area contributed by atoms with Gasteiger partial charge in [0.2, 0.25) is 10.0 Å². The maximum Gasteiger partial charge on any atom is 0.244 e. The quantitative estimate of drug-likeness (QED) is 0.814. The third kappa shape index (κ3) is 3.21. The summed E-state index contributed by atoms with van der Waals surface area (Å²) in [4.78, 5) is 0.212. The fraction of sp³-hybridized carbons (Fsp3) is 0.538. The van der Waals surface area contributed by atoms with E-state index in [2.05, 4.69) is 15.9 Å². The van der Waals surface area contributed by atoms with E-state index in [1.165, 1.54) is 10.4 Å². The monoisotopic (exact) mass is 412 g/mol. The van der Waals surface area contributed by atoms with Crippen LogP contribution in [0.5, 0.6) is 11.5 Å². The number of hydrogen-bond donors (Lipinski definition) is 1. The number of ether oxygens (including phenoxy) is 2. The van der Waals surface area contributed by atoms with E-state index >= 15 is 0 Å². The smallest absolute Gasteiger partial charge is 0.244 e. The standard InChI is InChI=1S/C13H17BrN2O4S.ClH/c14-10-5-11-12(20-4-3-19-11)6-13(10)21(17,18)16-2-1-9(7-15)8-16;/h5-6,9H,1-4,7-8,15H2;1H. The third-order valence-electron chi connectivity index (χ3n) is 3.80. The molecule has 0 amide bonds. The van der Waals surface area contributed by atoms with Crippen molar-refractivity contribution < 1.29 is 17.9 Å². The first-order chi connectivity index (χ1) is 10.0. The Morgan fingerprint density at radius 1 is 1.27 bits per heavy atom. The summed E-state index contributed by atoms with van der Waals surface area (Å²) in [5, 5.41) is 0. The molecule has 3 rings (SSSR count). The minimum Gasteiger partial charge on any atom is -0.486 e. The molecule has 22 heavy (non-hydrogen) atoms. The fourth-order valence-electron chi connectivity index (χ4n) is 2.59. The molecule has 0 bridgehead atoms. The van der Waals surface area contributed by atoms with Crippen LogP contribution in [0.1, 0.15) is 6.42 Å².